The summed E-state index contributed by atoms with van der Waals surface area (Å²) in [6.07, 6.45) is 1.73. The van der Waals surface area contributed by atoms with Crippen LogP contribution in [0, 0.1) is 6.92 Å². The second kappa shape index (κ2) is 3.60. The highest BCUT2D eigenvalue weighted by Gasteiger charge is 2.11. The van der Waals surface area contributed by atoms with Gasteiger partial charge in [0.15, 0.2) is 11.5 Å². The lowest BCUT2D eigenvalue weighted by Gasteiger charge is -1.88. The van der Waals surface area contributed by atoms with E-state index in [1.807, 2.05) is 13.0 Å². The molecule has 80 valence electrons. The Morgan fingerprint density at radius 2 is 2.31 bits per heavy atom. The van der Waals surface area contributed by atoms with Crippen LogP contribution in [0.15, 0.2) is 16.7 Å². The van der Waals surface area contributed by atoms with Crippen molar-refractivity contribution in [1.29, 1.82) is 0 Å². The Morgan fingerprint density at radius 3 is 3.06 bits per heavy atom. The fourth-order valence-corrected chi connectivity index (χ4v) is 2.36. The van der Waals surface area contributed by atoms with Crippen LogP contribution in [0.1, 0.15) is 5.69 Å². The van der Waals surface area contributed by atoms with Crippen LogP contribution in [0.4, 0.5) is 0 Å². The van der Waals surface area contributed by atoms with Crippen LogP contribution in [0.3, 0.4) is 0 Å². The summed E-state index contributed by atoms with van der Waals surface area (Å²) >= 11 is 4.70. The summed E-state index contributed by atoms with van der Waals surface area (Å²) in [6.45, 7) is 1.91. The third kappa shape index (κ3) is 1.52. The van der Waals surface area contributed by atoms with E-state index in [4.69, 9.17) is 0 Å². The van der Waals surface area contributed by atoms with Gasteiger partial charge in [-0.25, -0.2) is 9.97 Å². The number of hydrogen-bond donors (Lipinski definition) is 1. The van der Waals surface area contributed by atoms with Crippen LogP contribution in [0.5, 0.6) is 0 Å². The van der Waals surface area contributed by atoms with E-state index in [2.05, 4.69) is 40.5 Å². The summed E-state index contributed by atoms with van der Waals surface area (Å²) in [7, 11) is 0. The van der Waals surface area contributed by atoms with Crippen LogP contribution in [-0.2, 0) is 0 Å². The molecule has 0 radical (unpaired) electrons. The largest absolute Gasteiger partial charge is 0.336 e. The van der Waals surface area contributed by atoms with Gasteiger partial charge in [-0.2, -0.15) is 0 Å². The van der Waals surface area contributed by atoms with Crippen LogP contribution in [0.2, 0.25) is 0 Å². The van der Waals surface area contributed by atoms with Gasteiger partial charge < -0.3 is 4.98 Å². The maximum absolute atomic E-state index is 4.40. The number of halogens is 1. The molecule has 0 saturated heterocycles. The minimum absolute atomic E-state index is 0.700. The molecule has 1 N–H and O–H groups in total. The lowest BCUT2D eigenvalue weighted by molar-refractivity contribution is 1.09. The molecule has 0 bridgehead atoms. The minimum Gasteiger partial charge on any atom is -0.336 e. The number of aromatic nitrogens is 5. The van der Waals surface area contributed by atoms with E-state index in [1.165, 1.54) is 11.5 Å². The van der Waals surface area contributed by atoms with Gasteiger partial charge in [0.2, 0.25) is 0 Å². The van der Waals surface area contributed by atoms with Crippen molar-refractivity contribution in [3.8, 4) is 10.7 Å². The van der Waals surface area contributed by atoms with E-state index >= 15 is 0 Å². The Hall–Kier alpha value is -1.34. The van der Waals surface area contributed by atoms with Crippen molar-refractivity contribution in [3.63, 3.8) is 0 Å². The highest BCUT2D eigenvalue weighted by molar-refractivity contribution is 9.10. The molecule has 0 amide bonds. The monoisotopic (exact) mass is 295 g/mol. The van der Waals surface area contributed by atoms with Gasteiger partial charge in [0.25, 0.3) is 0 Å². The van der Waals surface area contributed by atoms with Crippen molar-refractivity contribution < 1.29 is 0 Å². The molecule has 0 aliphatic rings. The Balaban J connectivity index is 2.23. The van der Waals surface area contributed by atoms with E-state index in [0.29, 0.717) is 5.65 Å². The molecule has 0 fully saturated rings. The van der Waals surface area contributed by atoms with Crippen molar-refractivity contribution in [2.45, 2.75) is 6.92 Å². The Kier molecular flexibility index (Phi) is 2.22. The molecule has 3 aromatic rings. The number of rotatable bonds is 1. The summed E-state index contributed by atoms with van der Waals surface area (Å²) in [5.41, 5.74) is 2.48. The number of nitrogens with zero attached hydrogens (tertiary/aromatic N) is 4. The van der Waals surface area contributed by atoms with Gasteiger partial charge in [-0.15, -0.1) is 5.10 Å². The number of aryl methyl sites for hydroxylation is 1. The molecule has 3 heterocycles. The van der Waals surface area contributed by atoms with Gasteiger partial charge in [0, 0.05) is 10.7 Å². The summed E-state index contributed by atoms with van der Waals surface area (Å²) in [5.74, 6) is 0.771. The lowest BCUT2D eigenvalue weighted by atomic mass is 10.4. The molecule has 0 spiro atoms. The molecular weight excluding hydrogens is 290 g/mol. The van der Waals surface area contributed by atoms with E-state index in [0.717, 1.165) is 26.4 Å². The molecule has 5 nitrogen and oxygen atoms in total. The second-order valence-corrected chi connectivity index (χ2v) is 4.97. The van der Waals surface area contributed by atoms with Crippen LogP contribution in [0.25, 0.3) is 21.9 Å². The topological polar surface area (TPSA) is 67.3 Å². The summed E-state index contributed by atoms with van der Waals surface area (Å²) in [5, 5.41) is 3.96. The normalized spacial score (nSPS) is 11.1. The average Bonchev–Trinajstić information content (AvgIpc) is 2.82. The third-order valence-corrected chi connectivity index (χ3v) is 3.44. The number of H-pyrrole nitrogens is 1. The molecule has 7 heteroatoms. The van der Waals surface area contributed by atoms with Gasteiger partial charge in [0.1, 0.15) is 4.88 Å². The third-order valence-electron chi connectivity index (χ3n) is 2.17. The number of nitrogens with one attached hydrogen (secondary N) is 1. The minimum atomic E-state index is 0.700. The molecule has 3 aromatic heterocycles. The molecule has 0 saturated carbocycles. The van der Waals surface area contributed by atoms with Crippen molar-refractivity contribution in [2.24, 2.45) is 0 Å². The Labute approximate surface area is 103 Å². The smallest absolute Gasteiger partial charge is 0.178 e. The second-order valence-electron chi connectivity index (χ2n) is 3.30. The average molecular weight is 296 g/mol. The Bertz CT molecular complexity index is 659. The molecule has 16 heavy (non-hydrogen) atoms. The first-order valence-corrected chi connectivity index (χ1v) is 6.11. The zero-order chi connectivity index (χ0) is 11.1. The van der Waals surface area contributed by atoms with Crippen molar-refractivity contribution in [2.75, 3.05) is 0 Å². The maximum Gasteiger partial charge on any atom is 0.178 e. The number of pyridine rings is 1. The van der Waals surface area contributed by atoms with Crippen molar-refractivity contribution >= 4 is 38.6 Å². The zero-order valence-electron chi connectivity index (χ0n) is 8.23. The molecule has 0 aromatic carbocycles. The first-order valence-electron chi connectivity index (χ1n) is 4.54. The SMILES string of the molecule is Cc1nnsc1-c1nc2ncc(Br)cc2[nH]1. The zero-order valence-corrected chi connectivity index (χ0v) is 10.6. The summed E-state index contributed by atoms with van der Waals surface area (Å²) in [6, 6.07) is 1.95. The number of imidazole rings is 1. The van der Waals surface area contributed by atoms with Gasteiger partial charge in [-0.1, -0.05) is 4.49 Å². The summed E-state index contributed by atoms with van der Waals surface area (Å²) in [4.78, 5) is 12.8. The quantitative estimate of drug-likeness (QED) is 0.749. The van der Waals surface area contributed by atoms with E-state index in [-0.39, 0.29) is 0 Å². The predicted molar refractivity (Wildman–Crippen MR) is 65.2 cm³/mol. The molecule has 0 aliphatic heterocycles. The fourth-order valence-electron chi connectivity index (χ4n) is 1.43. The first-order chi connectivity index (χ1) is 7.74. The van der Waals surface area contributed by atoms with Crippen molar-refractivity contribution in [1.82, 2.24) is 24.5 Å². The molecular formula is C9H6BrN5S. The number of aromatic amines is 1. The van der Waals surface area contributed by atoms with Gasteiger partial charge in [0.05, 0.1) is 11.2 Å². The highest BCUT2D eigenvalue weighted by Crippen LogP contribution is 2.25. The van der Waals surface area contributed by atoms with Gasteiger partial charge in [-0.05, 0) is 40.5 Å². The summed E-state index contributed by atoms with van der Waals surface area (Å²) < 4.78 is 4.81. The van der Waals surface area contributed by atoms with Crippen LogP contribution in [-0.4, -0.2) is 24.5 Å². The fraction of sp³-hybridized carbons (Fsp3) is 0.111. The molecule has 3 rings (SSSR count). The number of fused-ring (bicyclic) bond motifs is 1. The van der Waals surface area contributed by atoms with E-state index in [1.54, 1.807) is 6.20 Å². The molecule has 0 unspecified atom stereocenters. The highest BCUT2D eigenvalue weighted by atomic mass is 79.9. The van der Waals surface area contributed by atoms with E-state index in [9.17, 15) is 0 Å². The first kappa shape index (κ1) is 9.86. The predicted octanol–water partition coefficient (Wildman–Crippen LogP) is 2.55. The van der Waals surface area contributed by atoms with Crippen LogP contribution < -0.4 is 0 Å². The molecule has 0 atom stereocenters. The van der Waals surface area contributed by atoms with Crippen LogP contribution >= 0.6 is 27.5 Å². The maximum atomic E-state index is 4.40. The van der Waals surface area contributed by atoms with Crippen molar-refractivity contribution in [3.05, 3.63) is 22.4 Å². The number of hydrogen-bond acceptors (Lipinski definition) is 5. The van der Waals surface area contributed by atoms with E-state index < -0.39 is 0 Å². The van der Waals surface area contributed by atoms with Gasteiger partial charge >= 0.3 is 0 Å². The lowest BCUT2D eigenvalue weighted by Crippen LogP contribution is -1.79. The van der Waals surface area contributed by atoms with Gasteiger partial charge in [-0.3, -0.25) is 0 Å². The molecule has 0 aliphatic carbocycles. The Morgan fingerprint density at radius 1 is 1.44 bits per heavy atom. The standard InChI is InChI=1S/C9H6BrN5S/c1-4-7(16-15-14-4)9-12-6-2-5(10)3-11-8(6)13-9/h2-3H,1H3,(H,11,12,13).